The lowest BCUT2D eigenvalue weighted by Crippen LogP contribution is -2.68. The van der Waals surface area contributed by atoms with Crippen molar-refractivity contribution in [3.8, 4) is 0 Å². The summed E-state index contributed by atoms with van der Waals surface area (Å²) in [7, 11) is 2.54. The van der Waals surface area contributed by atoms with Gasteiger partial charge in [-0.1, -0.05) is 0 Å². The molecule has 3 aliphatic heterocycles. The van der Waals surface area contributed by atoms with Crippen molar-refractivity contribution in [2.45, 2.75) is 63.1 Å². The molecule has 0 aromatic rings. The second kappa shape index (κ2) is 2.25. The lowest BCUT2D eigenvalue weighted by molar-refractivity contribution is -1.00. The SMILES string of the molecule is C[N@+]12C3CCCC[C@H]1CC2CC3. The van der Waals surface area contributed by atoms with Crippen molar-refractivity contribution < 1.29 is 4.48 Å². The summed E-state index contributed by atoms with van der Waals surface area (Å²) in [6.07, 6.45) is 10.7. The molecule has 3 rings (SSSR count). The van der Waals surface area contributed by atoms with Crippen LogP contribution in [0.25, 0.3) is 0 Å². The van der Waals surface area contributed by atoms with E-state index in [0.29, 0.717) is 0 Å². The van der Waals surface area contributed by atoms with Gasteiger partial charge in [0.1, 0.15) is 0 Å². The van der Waals surface area contributed by atoms with E-state index in [1.807, 2.05) is 0 Å². The number of quaternary nitrogens is 1. The number of rotatable bonds is 0. The van der Waals surface area contributed by atoms with E-state index in [1.54, 1.807) is 6.42 Å². The van der Waals surface area contributed by atoms with Crippen LogP contribution in [-0.4, -0.2) is 29.7 Å². The molecule has 3 aliphatic rings. The van der Waals surface area contributed by atoms with Crippen LogP contribution in [0.4, 0.5) is 0 Å². The van der Waals surface area contributed by atoms with Crippen LogP contribution in [0.1, 0.15) is 44.9 Å². The molecule has 0 aromatic heterocycles. The lowest BCUT2D eigenvalue weighted by Gasteiger charge is -2.55. The summed E-state index contributed by atoms with van der Waals surface area (Å²) in [5.41, 5.74) is 0. The summed E-state index contributed by atoms with van der Waals surface area (Å²) in [5, 5.41) is 0. The van der Waals surface area contributed by atoms with E-state index in [0.717, 1.165) is 18.1 Å². The molecule has 0 saturated carbocycles. The topological polar surface area (TPSA) is 0 Å². The quantitative estimate of drug-likeness (QED) is 0.484. The second-order valence-electron chi connectivity index (χ2n) is 5.28. The van der Waals surface area contributed by atoms with Crippen LogP contribution in [0, 0.1) is 0 Å². The summed E-state index contributed by atoms with van der Waals surface area (Å²) in [6.45, 7) is 0. The summed E-state index contributed by atoms with van der Waals surface area (Å²) in [6, 6.07) is 3.22. The smallest absolute Gasteiger partial charge is 0.0952 e. The van der Waals surface area contributed by atoms with Crippen molar-refractivity contribution in [3.05, 3.63) is 0 Å². The Hall–Kier alpha value is -0.0400. The van der Waals surface area contributed by atoms with E-state index >= 15 is 0 Å². The molecule has 0 aromatic carbocycles. The van der Waals surface area contributed by atoms with Crippen molar-refractivity contribution in [2.24, 2.45) is 0 Å². The van der Waals surface area contributed by atoms with Gasteiger partial charge in [-0.25, -0.2) is 0 Å². The fourth-order valence-corrected chi connectivity index (χ4v) is 4.16. The zero-order valence-electron chi connectivity index (χ0n) is 8.13. The second-order valence-corrected chi connectivity index (χ2v) is 5.28. The molecule has 3 fully saturated rings. The Labute approximate surface area is 75.3 Å². The normalized spacial score (nSPS) is 57.2. The molecule has 0 amide bonds. The Morgan fingerprint density at radius 2 is 1.42 bits per heavy atom. The first kappa shape index (κ1) is 7.37. The Bertz CT molecular complexity index is 199. The van der Waals surface area contributed by atoms with Crippen molar-refractivity contribution in [2.75, 3.05) is 7.05 Å². The minimum Gasteiger partial charge on any atom is -0.318 e. The highest BCUT2D eigenvalue weighted by atomic mass is 15.5. The average Bonchev–Trinajstić information content (AvgIpc) is 2.26. The van der Waals surface area contributed by atoms with Gasteiger partial charge in [0.15, 0.2) is 0 Å². The molecule has 0 bridgehead atoms. The van der Waals surface area contributed by atoms with E-state index in [-0.39, 0.29) is 0 Å². The van der Waals surface area contributed by atoms with Crippen LogP contribution >= 0.6 is 0 Å². The van der Waals surface area contributed by atoms with Crippen LogP contribution in [0.5, 0.6) is 0 Å². The highest BCUT2D eigenvalue weighted by Crippen LogP contribution is 2.50. The molecule has 0 N–H and O–H groups in total. The Morgan fingerprint density at radius 1 is 0.833 bits per heavy atom. The number of nitrogens with zero attached hydrogens (tertiary/aromatic N) is 1. The summed E-state index contributed by atoms with van der Waals surface area (Å²) >= 11 is 0. The van der Waals surface area contributed by atoms with Crippen LogP contribution in [0.15, 0.2) is 0 Å². The molecule has 2 unspecified atom stereocenters. The van der Waals surface area contributed by atoms with Gasteiger partial charge in [0.05, 0.1) is 31.6 Å². The first-order chi connectivity index (χ1) is 5.82. The van der Waals surface area contributed by atoms with Gasteiger partial charge in [-0.15, -0.1) is 0 Å². The zero-order valence-corrected chi connectivity index (χ0v) is 8.13. The average molecular weight is 166 g/mol. The molecular weight excluding hydrogens is 146 g/mol. The van der Waals surface area contributed by atoms with E-state index in [1.165, 1.54) is 43.0 Å². The third-order valence-electron chi connectivity index (χ3n) is 5.06. The molecule has 12 heavy (non-hydrogen) atoms. The summed E-state index contributed by atoms with van der Waals surface area (Å²) in [4.78, 5) is 0. The maximum absolute atomic E-state index is 2.54. The molecule has 3 saturated heterocycles. The highest BCUT2D eigenvalue weighted by molar-refractivity contribution is 4.90. The first-order valence-corrected chi connectivity index (χ1v) is 5.67. The highest BCUT2D eigenvalue weighted by Gasteiger charge is 2.59. The summed E-state index contributed by atoms with van der Waals surface area (Å²) < 4.78 is 1.50. The van der Waals surface area contributed by atoms with Gasteiger partial charge in [-0.05, 0) is 25.7 Å². The third kappa shape index (κ3) is 0.693. The van der Waals surface area contributed by atoms with Crippen LogP contribution in [-0.2, 0) is 0 Å². The van der Waals surface area contributed by atoms with Gasteiger partial charge in [-0.2, -0.15) is 0 Å². The van der Waals surface area contributed by atoms with Crippen LogP contribution in [0.2, 0.25) is 0 Å². The van der Waals surface area contributed by atoms with E-state index in [4.69, 9.17) is 0 Å². The van der Waals surface area contributed by atoms with Gasteiger partial charge < -0.3 is 4.48 Å². The predicted molar refractivity (Wildman–Crippen MR) is 49.9 cm³/mol. The monoisotopic (exact) mass is 166 g/mol. The Kier molecular flexibility index (Phi) is 1.39. The van der Waals surface area contributed by atoms with Crippen molar-refractivity contribution in [1.29, 1.82) is 0 Å². The molecule has 0 radical (unpaired) electrons. The van der Waals surface area contributed by atoms with Gasteiger partial charge in [-0.3, -0.25) is 0 Å². The Morgan fingerprint density at radius 3 is 2.25 bits per heavy atom. The standard InChI is InChI=1S/C11H20N/c1-12-9-4-2-3-5-10(12)8-11(12)7-6-9/h9-11H,2-8H2,1H3/q+1/t9?,10-,11?,12-/m0/s1. The summed E-state index contributed by atoms with van der Waals surface area (Å²) in [5.74, 6) is 0. The number of hydrogen-bond acceptors (Lipinski definition) is 0. The van der Waals surface area contributed by atoms with Crippen molar-refractivity contribution in [3.63, 3.8) is 0 Å². The maximum Gasteiger partial charge on any atom is 0.0952 e. The van der Waals surface area contributed by atoms with Crippen molar-refractivity contribution >= 4 is 0 Å². The maximum atomic E-state index is 2.54. The predicted octanol–water partition coefficient (Wildman–Crippen LogP) is 2.31. The van der Waals surface area contributed by atoms with Gasteiger partial charge >= 0.3 is 0 Å². The Balaban J connectivity index is 1.92. The molecule has 4 atom stereocenters. The third-order valence-corrected chi connectivity index (χ3v) is 5.06. The van der Waals surface area contributed by atoms with Crippen molar-refractivity contribution in [1.82, 2.24) is 0 Å². The minimum absolute atomic E-state index is 1.07. The van der Waals surface area contributed by atoms with E-state index in [9.17, 15) is 0 Å². The largest absolute Gasteiger partial charge is 0.318 e. The lowest BCUT2D eigenvalue weighted by atomic mass is 9.88. The van der Waals surface area contributed by atoms with E-state index in [2.05, 4.69) is 7.05 Å². The molecule has 3 heterocycles. The molecule has 0 aliphatic carbocycles. The molecule has 68 valence electrons. The molecular formula is C11H20N+. The van der Waals surface area contributed by atoms with Gasteiger partial charge in [0.2, 0.25) is 0 Å². The molecule has 1 nitrogen and oxygen atoms in total. The molecule has 1 heteroatoms. The fraction of sp³-hybridized carbons (Fsp3) is 1.00. The minimum atomic E-state index is 1.07. The van der Waals surface area contributed by atoms with Gasteiger partial charge in [0.25, 0.3) is 0 Å². The zero-order chi connectivity index (χ0) is 8.18. The fourth-order valence-electron chi connectivity index (χ4n) is 4.16. The van der Waals surface area contributed by atoms with Crippen LogP contribution in [0.3, 0.4) is 0 Å². The first-order valence-electron chi connectivity index (χ1n) is 5.67. The van der Waals surface area contributed by atoms with Crippen LogP contribution < -0.4 is 0 Å². The molecule has 0 spiro atoms. The van der Waals surface area contributed by atoms with Gasteiger partial charge in [0, 0.05) is 12.8 Å². The van der Waals surface area contributed by atoms with E-state index < -0.39 is 0 Å². The number of hydrogen-bond donors (Lipinski definition) is 0.